The number of carboxylic acids is 1. The first-order valence-electron chi connectivity index (χ1n) is 6.38. The van der Waals surface area contributed by atoms with Gasteiger partial charge < -0.3 is 10.4 Å². The number of rotatable bonds is 6. The zero-order chi connectivity index (χ0) is 17.0. The lowest BCUT2D eigenvalue weighted by atomic mass is 10.0. The number of nitrogens with zero attached hydrogens (tertiary/aromatic N) is 1. The zero-order valence-corrected chi connectivity index (χ0v) is 13.1. The lowest BCUT2D eigenvalue weighted by Crippen LogP contribution is -2.30. The van der Waals surface area contributed by atoms with E-state index >= 15 is 0 Å². The summed E-state index contributed by atoms with van der Waals surface area (Å²) >= 11 is 7.22. The van der Waals surface area contributed by atoms with Crippen molar-refractivity contribution in [1.82, 2.24) is 5.32 Å². The Morgan fingerprint density at radius 3 is 2.70 bits per heavy atom. The summed E-state index contributed by atoms with van der Waals surface area (Å²) in [6.45, 7) is 0. The van der Waals surface area contributed by atoms with Crippen LogP contribution in [0.25, 0.3) is 0 Å². The average molecular weight is 355 g/mol. The van der Waals surface area contributed by atoms with Gasteiger partial charge in [-0.25, -0.2) is 0 Å². The van der Waals surface area contributed by atoms with Crippen molar-refractivity contribution in [3.05, 3.63) is 61.3 Å². The third-order valence-electron chi connectivity index (χ3n) is 2.99. The summed E-state index contributed by atoms with van der Waals surface area (Å²) in [5.41, 5.74) is -0.0432. The fraction of sp³-hybridized carbons (Fsp3) is 0.143. The van der Waals surface area contributed by atoms with Crippen LogP contribution in [0.2, 0.25) is 5.02 Å². The molecule has 2 N–H and O–H groups in total. The van der Waals surface area contributed by atoms with Crippen molar-refractivity contribution in [2.45, 2.75) is 12.5 Å². The van der Waals surface area contributed by atoms with E-state index in [9.17, 15) is 19.7 Å². The Labute approximate surface area is 139 Å². The summed E-state index contributed by atoms with van der Waals surface area (Å²) in [6, 6.07) is 5.99. The van der Waals surface area contributed by atoms with Crippen molar-refractivity contribution >= 4 is 40.5 Å². The van der Waals surface area contributed by atoms with E-state index in [0.717, 1.165) is 0 Å². The first-order valence-corrected chi connectivity index (χ1v) is 7.64. The van der Waals surface area contributed by atoms with Gasteiger partial charge in [0.2, 0.25) is 0 Å². The van der Waals surface area contributed by atoms with Gasteiger partial charge in [-0.2, -0.15) is 0 Å². The largest absolute Gasteiger partial charge is 0.481 e. The minimum absolute atomic E-state index is 0.147. The molecule has 120 valence electrons. The van der Waals surface area contributed by atoms with E-state index < -0.39 is 29.3 Å². The van der Waals surface area contributed by atoms with Crippen LogP contribution in [0, 0.1) is 10.1 Å². The van der Waals surface area contributed by atoms with Crippen molar-refractivity contribution in [3.8, 4) is 0 Å². The molecule has 1 amide bonds. The summed E-state index contributed by atoms with van der Waals surface area (Å²) in [6.07, 6.45) is -0.446. The number of hydrogen-bond donors (Lipinski definition) is 2. The van der Waals surface area contributed by atoms with E-state index in [1.807, 2.05) is 0 Å². The first kappa shape index (κ1) is 16.9. The Hall–Kier alpha value is -2.45. The van der Waals surface area contributed by atoms with Gasteiger partial charge in [0.15, 0.2) is 0 Å². The van der Waals surface area contributed by atoms with Crippen LogP contribution in [0.1, 0.15) is 27.7 Å². The minimum atomic E-state index is -1.16. The maximum Gasteiger partial charge on any atom is 0.305 e. The molecule has 0 aliphatic heterocycles. The van der Waals surface area contributed by atoms with E-state index in [2.05, 4.69) is 5.32 Å². The molecular weight excluding hydrogens is 344 g/mol. The Morgan fingerprint density at radius 1 is 1.39 bits per heavy atom. The lowest BCUT2D eigenvalue weighted by molar-refractivity contribution is -0.384. The van der Waals surface area contributed by atoms with Gasteiger partial charge in [-0.05, 0) is 17.5 Å². The lowest BCUT2D eigenvalue weighted by Gasteiger charge is -2.18. The van der Waals surface area contributed by atoms with Crippen LogP contribution >= 0.6 is 22.9 Å². The van der Waals surface area contributed by atoms with Crippen LogP contribution in [0.15, 0.2) is 35.7 Å². The number of nitro benzene ring substituents is 1. The predicted molar refractivity (Wildman–Crippen MR) is 84.9 cm³/mol. The maximum atomic E-state index is 12.1. The maximum absolute atomic E-state index is 12.1. The second kappa shape index (κ2) is 7.21. The molecule has 23 heavy (non-hydrogen) atoms. The highest BCUT2D eigenvalue weighted by atomic mass is 35.5. The number of carbonyl (C=O) groups excluding carboxylic acids is 1. The molecular formula is C14H11ClN2O5S. The molecule has 2 aromatic rings. The number of non-ortho nitro benzene ring substituents is 1. The third-order valence-corrected chi connectivity index (χ3v) is 4.21. The van der Waals surface area contributed by atoms with E-state index in [4.69, 9.17) is 16.7 Å². The van der Waals surface area contributed by atoms with Gasteiger partial charge in [-0.3, -0.25) is 19.7 Å². The first-order chi connectivity index (χ1) is 10.9. The molecule has 0 bridgehead atoms. The van der Waals surface area contributed by atoms with Crippen LogP contribution in [-0.2, 0) is 4.79 Å². The highest BCUT2D eigenvalue weighted by Crippen LogP contribution is 2.29. The number of aliphatic carboxylic acids is 1. The molecule has 1 aromatic heterocycles. The Kier molecular flexibility index (Phi) is 5.30. The van der Waals surface area contributed by atoms with E-state index in [1.54, 1.807) is 17.5 Å². The van der Waals surface area contributed by atoms with Crippen LogP contribution in [0.5, 0.6) is 0 Å². The molecule has 1 aromatic carbocycles. The topological polar surface area (TPSA) is 110 Å². The van der Waals surface area contributed by atoms with E-state index in [0.29, 0.717) is 4.88 Å². The molecule has 1 heterocycles. The standard InChI is InChI=1S/C14H11ClN2O5S/c15-10-4-3-8(17(21)22)6-9(10)11(7-13(18)19)16-14(20)12-2-1-5-23-12/h1-6,11H,7H2,(H,16,20)(H,18,19)/t11-/m1/s1. The molecule has 0 aliphatic rings. The molecule has 2 rings (SSSR count). The van der Waals surface area contributed by atoms with Gasteiger partial charge in [-0.1, -0.05) is 17.7 Å². The highest BCUT2D eigenvalue weighted by Gasteiger charge is 2.23. The molecule has 0 spiro atoms. The van der Waals surface area contributed by atoms with Crippen LogP contribution in [0.4, 0.5) is 5.69 Å². The minimum Gasteiger partial charge on any atom is -0.481 e. The normalized spacial score (nSPS) is 11.7. The van der Waals surface area contributed by atoms with Gasteiger partial charge >= 0.3 is 5.97 Å². The van der Waals surface area contributed by atoms with Crippen molar-refractivity contribution in [2.24, 2.45) is 0 Å². The molecule has 7 nitrogen and oxygen atoms in total. The third kappa shape index (κ3) is 4.27. The summed E-state index contributed by atoms with van der Waals surface area (Å²) in [5.74, 6) is -1.63. The van der Waals surface area contributed by atoms with Crippen molar-refractivity contribution in [2.75, 3.05) is 0 Å². The summed E-state index contributed by atoms with van der Waals surface area (Å²) < 4.78 is 0. The second-order valence-corrected chi connectivity index (χ2v) is 5.92. The predicted octanol–water partition coefficient (Wildman–Crippen LogP) is 3.26. The second-order valence-electron chi connectivity index (χ2n) is 4.56. The number of nitro groups is 1. The molecule has 0 fully saturated rings. The fourth-order valence-electron chi connectivity index (χ4n) is 1.96. The van der Waals surface area contributed by atoms with Gasteiger partial charge in [0.1, 0.15) is 0 Å². The fourth-order valence-corrected chi connectivity index (χ4v) is 2.84. The average Bonchev–Trinajstić information content (AvgIpc) is 3.00. The number of carbonyl (C=O) groups is 2. The van der Waals surface area contributed by atoms with E-state index in [1.165, 1.54) is 29.5 Å². The molecule has 0 saturated carbocycles. The smallest absolute Gasteiger partial charge is 0.305 e. The number of thiophene rings is 1. The van der Waals surface area contributed by atoms with Gasteiger partial charge in [-0.15, -0.1) is 11.3 Å². The number of nitrogens with one attached hydrogen (secondary N) is 1. The number of hydrogen-bond acceptors (Lipinski definition) is 5. The van der Waals surface area contributed by atoms with Crippen LogP contribution < -0.4 is 5.32 Å². The Morgan fingerprint density at radius 2 is 2.13 bits per heavy atom. The molecule has 0 unspecified atom stereocenters. The molecule has 1 atom stereocenters. The zero-order valence-electron chi connectivity index (χ0n) is 11.6. The van der Waals surface area contributed by atoms with Gasteiger partial charge in [0, 0.05) is 22.7 Å². The Bertz CT molecular complexity index is 748. The summed E-state index contributed by atoms with van der Waals surface area (Å²) in [5, 5.41) is 24.3. The van der Waals surface area contributed by atoms with Crippen LogP contribution in [-0.4, -0.2) is 21.9 Å². The number of halogens is 1. The number of carboxylic acid groups (broad SMARTS) is 1. The Balaban J connectivity index is 2.34. The summed E-state index contributed by atoms with van der Waals surface area (Å²) in [7, 11) is 0. The number of amides is 1. The van der Waals surface area contributed by atoms with Gasteiger partial charge in [0.05, 0.1) is 22.3 Å². The molecule has 0 aliphatic carbocycles. The molecule has 0 radical (unpaired) electrons. The van der Waals surface area contributed by atoms with E-state index in [-0.39, 0.29) is 16.3 Å². The summed E-state index contributed by atoms with van der Waals surface area (Å²) in [4.78, 5) is 33.9. The highest BCUT2D eigenvalue weighted by molar-refractivity contribution is 7.12. The number of benzene rings is 1. The van der Waals surface area contributed by atoms with Gasteiger partial charge in [0.25, 0.3) is 11.6 Å². The molecule has 0 saturated heterocycles. The SMILES string of the molecule is O=C(O)C[C@@H](NC(=O)c1cccs1)c1cc([N+](=O)[O-])ccc1Cl. The quantitative estimate of drug-likeness (QED) is 0.611. The molecule has 9 heteroatoms. The van der Waals surface area contributed by atoms with Crippen molar-refractivity contribution in [1.29, 1.82) is 0 Å². The van der Waals surface area contributed by atoms with Crippen molar-refractivity contribution in [3.63, 3.8) is 0 Å². The van der Waals surface area contributed by atoms with Crippen molar-refractivity contribution < 1.29 is 19.6 Å². The van der Waals surface area contributed by atoms with Crippen LogP contribution in [0.3, 0.4) is 0 Å². The monoisotopic (exact) mass is 354 g/mol.